The summed E-state index contributed by atoms with van der Waals surface area (Å²) in [5, 5.41) is 0. The Labute approximate surface area is 105 Å². The molecule has 100 valence electrons. The first-order chi connectivity index (χ1) is 7.70. The SMILES string of the molecule is CC(C)(C)C1COC1CC(C)(C)C1CC(F)C1. The van der Waals surface area contributed by atoms with Crippen LogP contribution >= 0.6 is 0 Å². The van der Waals surface area contributed by atoms with Crippen molar-refractivity contribution in [3.05, 3.63) is 0 Å². The predicted molar refractivity (Wildman–Crippen MR) is 68.7 cm³/mol. The summed E-state index contributed by atoms with van der Waals surface area (Å²) in [5.74, 6) is 1.23. The van der Waals surface area contributed by atoms with Crippen LogP contribution in [0, 0.1) is 22.7 Å². The van der Waals surface area contributed by atoms with Gasteiger partial charge in [0.05, 0.1) is 12.7 Å². The molecule has 2 rings (SSSR count). The Morgan fingerprint density at radius 1 is 1.12 bits per heavy atom. The molecule has 2 unspecified atom stereocenters. The number of hydrogen-bond donors (Lipinski definition) is 0. The van der Waals surface area contributed by atoms with Gasteiger partial charge in [0.1, 0.15) is 6.17 Å². The molecule has 1 aliphatic heterocycles. The predicted octanol–water partition coefficient (Wildman–Crippen LogP) is 4.21. The van der Waals surface area contributed by atoms with E-state index in [-0.39, 0.29) is 5.41 Å². The van der Waals surface area contributed by atoms with Crippen molar-refractivity contribution >= 4 is 0 Å². The van der Waals surface area contributed by atoms with E-state index in [4.69, 9.17) is 4.74 Å². The minimum absolute atomic E-state index is 0.233. The highest BCUT2D eigenvalue weighted by Crippen LogP contribution is 2.49. The lowest BCUT2D eigenvalue weighted by molar-refractivity contribution is -0.176. The van der Waals surface area contributed by atoms with Gasteiger partial charge in [-0.1, -0.05) is 34.6 Å². The van der Waals surface area contributed by atoms with E-state index in [9.17, 15) is 4.39 Å². The van der Waals surface area contributed by atoms with E-state index < -0.39 is 6.17 Å². The molecular formula is C15H27FO. The Balaban J connectivity index is 1.88. The van der Waals surface area contributed by atoms with Crippen molar-refractivity contribution in [2.24, 2.45) is 22.7 Å². The monoisotopic (exact) mass is 242 g/mol. The quantitative estimate of drug-likeness (QED) is 0.720. The Morgan fingerprint density at radius 3 is 2.06 bits per heavy atom. The van der Waals surface area contributed by atoms with Crippen molar-refractivity contribution in [2.75, 3.05) is 6.61 Å². The Hall–Kier alpha value is -0.110. The summed E-state index contributed by atoms with van der Waals surface area (Å²) >= 11 is 0. The standard InChI is InChI=1S/C15H27FO/c1-14(2,3)12-9-17-13(12)8-15(4,5)10-6-11(16)7-10/h10-13H,6-9H2,1-5H3. The lowest BCUT2D eigenvalue weighted by Crippen LogP contribution is -2.50. The van der Waals surface area contributed by atoms with Crippen LogP contribution in [-0.2, 0) is 4.74 Å². The second kappa shape index (κ2) is 4.22. The number of rotatable bonds is 3. The Morgan fingerprint density at radius 2 is 1.71 bits per heavy atom. The molecule has 0 radical (unpaired) electrons. The molecule has 1 nitrogen and oxygen atoms in total. The maximum atomic E-state index is 13.0. The van der Waals surface area contributed by atoms with Crippen LogP contribution in [0.1, 0.15) is 53.9 Å². The van der Waals surface area contributed by atoms with E-state index >= 15 is 0 Å². The van der Waals surface area contributed by atoms with Crippen molar-refractivity contribution in [1.29, 1.82) is 0 Å². The van der Waals surface area contributed by atoms with Crippen LogP contribution in [0.25, 0.3) is 0 Å². The average molecular weight is 242 g/mol. The van der Waals surface area contributed by atoms with E-state index in [2.05, 4.69) is 34.6 Å². The molecule has 0 N–H and O–H groups in total. The highest BCUT2D eigenvalue weighted by atomic mass is 19.1. The second-order valence-electron chi connectivity index (χ2n) is 7.80. The summed E-state index contributed by atoms with van der Waals surface area (Å²) in [4.78, 5) is 0. The molecule has 0 aromatic heterocycles. The maximum Gasteiger partial charge on any atom is 0.101 e. The molecule has 1 aliphatic carbocycles. The van der Waals surface area contributed by atoms with Crippen molar-refractivity contribution < 1.29 is 9.13 Å². The lowest BCUT2D eigenvalue weighted by Gasteiger charge is -2.50. The van der Waals surface area contributed by atoms with Gasteiger partial charge in [-0.25, -0.2) is 4.39 Å². The van der Waals surface area contributed by atoms with E-state index in [1.54, 1.807) is 0 Å². The van der Waals surface area contributed by atoms with Gasteiger partial charge in [0.15, 0.2) is 0 Å². The van der Waals surface area contributed by atoms with Gasteiger partial charge in [-0.15, -0.1) is 0 Å². The smallest absolute Gasteiger partial charge is 0.101 e. The number of ether oxygens (including phenoxy) is 1. The molecule has 0 bridgehead atoms. The van der Waals surface area contributed by atoms with Crippen LogP contribution < -0.4 is 0 Å². The summed E-state index contributed by atoms with van der Waals surface area (Å²) < 4.78 is 18.7. The van der Waals surface area contributed by atoms with E-state index in [0.717, 1.165) is 25.9 Å². The summed E-state index contributed by atoms with van der Waals surface area (Å²) in [6, 6.07) is 0. The van der Waals surface area contributed by atoms with Crippen LogP contribution in [0.3, 0.4) is 0 Å². The van der Waals surface area contributed by atoms with Crippen LogP contribution in [0.5, 0.6) is 0 Å². The van der Waals surface area contributed by atoms with Crippen LogP contribution in [-0.4, -0.2) is 18.9 Å². The highest BCUT2D eigenvalue weighted by molar-refractivity contribution is 4.96. The highest BCUT2D eigenvalue weighted by Gasteiger charge is 2.47. The van der Waals surface area contributed by atoms with E-state index in [0.29, 0.717) is 23.4 Å². The molecule has 2 fully saturated rings. The zero-order valence-electron chi connectivity index (χ0n) is 11.9. The first kappa shape index (κ1) is 13.3. The molecule has 0 amide bonds. The first-order valence-electron chi connectivity index (χ1n) is 6.96. The molecule has 2 heteroatoms. The number of alkyl halides is 1. The molecule has 1 saturated carbocycles. The summed E-state index contributed by atoms with van der Waals surface area (Å²) in [6.07, 6.45) is 2.47. The topological polar surface area (TPSA) is 9.23 Å². The third-order valence-electron chi connectivity index (χ3n) is 4.96. The van der Waals surface area contributed by atoms with Crippen molar-refractivity contribution in [1.82, 2.24) is 0 Å². The summed E-state index contributed by atoms with van der Waals surface area (Å²) in [6.45, 7) is 12.3. The lowest BCUT2D eigenvalue weighted by atomic mass is 9.61. The molecule has 1 heterocycles. The maximum absolute atomic E-state index is 13.0. The zero-order chi connectivity index (χ0) is 12.8. The average Bonchev–Trinajstić information content (AvgIpc) is 2.04. The molecule has 2 aliphatic rings. The van der Waals surface area contributed by atoms with Gasteiger partial charge in [0.25, 0.3) is 0 Å². The fourth-order valence-electron chi connectivity index (χ4n) is 3.21. The van der Waals surface area contributed by atoms with Gasteiger partial charge >= 0.3 is 0 Å². The fourth-order valence-corrected chi connectivity index (χ4v) is 3.21. The minimum Gasteiger partial charge on any atom is -0.377 e. The van der Waals surface area contributed by atoms with Crippen LogP contribution in [0.15, 0.2) is 0 Å². The number of halogens is 1. The first-order valence-corrected chi connectivity index (χ1v) is 6.96. The van der Waals surface area contributed by atoms with Gasteiger partial charge in [-0.2, -0.15) is 0 Å². The van der Waals surface area contributed by atoms with Gasteiger partial charge in [0.2, 0.25) is 0 Å². The largest absolute Gasteiger partial charge is 0.377 e. The summed E-state index contributed by atoms with van der Waals surface area (Å²) in [7, 11) is 0. The third kappa shape index (κ3) is 2.67. The van der Waals surface area contributed by atoms with Gasteiger partial charge in [-0.3, -0.25) is 0 Å². The molecule has 0 aromatic rings. The van der Waals surface area contributed by atoms with Crippen molar-refractivity contribution in [3.8, 4) is 0 Å². The Bertz CT molecular complexity index is 273. The van der Waals surface area contributed by atoms with E-state index in [1.807, 2.05) is 0 Å². The fraction of sp³-hybridized carbons (Fsp3) is 1.00. The third-order valence-corrected chi connectivity index (χ3v) is 4.96. The van der Waals surface area contributed by atoms with Gasteiger partial charge in [0, 0.05) is 5.92 Å². The summed E-state index contributed by atoms with van der Waals surface area (Å²) in [5.41, 5.74) is 0.568. The van der Waals surface area contributed by atoms with Gasteiger partial charge in [-0.05, 0) is 36.0 Å². The second-order valence-corrected chi connectivity index (χ2v) is 7.80. The molecule has 1 saturated heterocycles. The molecular weight excluding hydrogens is 215 g/mol. The Kier molecular flexibility index (Phi) is 3.31. The minimum atomic E-state index is -0.542. The number of hydrogen-bond acceptors (Lipinski definition) is 1. The normalized spacial score (nSPS) is 38.5. The van der Waals surface area contributed by atoms with Gasteiger partial charge < -0.3 is 4.74 Å². The van der Waals surface area contributed by atoms with Crippen LogP contribution in [0.2, 0.25) is 0 Å². The molecule has 17 heavy (non-hydrogen) atoms. The molecule has 0 aromatic carbocycles. The molecule has 0 spiro atoms. The van der Waals surface area contributed by atoms with Crippen LogP contribution in [0.4, 0.5) is 4.39 Å². The molecule has 2 atom stereocenters. The van der Waals surface area contributed by atoms with Crippen molar-refractivity contribution in [3.63, 3.8) is 0 Å². The zero-order valence-corrected chi connectivity index (χ0v) is 11.9. The van der Waals surface area contributed by atoms with E-state index in [1.165, 1.54) is 0 Å². The van der Waals surface area contributed by atoms with Crippen molar-refractivity contribution in [2.45, 2.75) is 66.2 Å².